The van der Waals surface area contributed by atoms with Gasteiger partial charge in [-0.25, -0.2) is 0 Å². The van der Waals surface area contributed by atoms with Crippen LogP contribution in [0.5, 0.6) is 0 Å². The van der Waals surface area contributed by atoms with E-state index in [0.717, 1.165) is 22.3 Å². The number of nitrogens with zero attached hydrogens (tertiary/aromatic N) is 1. The Morgan fingerprint density at radius 2 is 1.38 bits per heavy atom. The highest BCUT2D eigenvalue weighted by atomic mass is 35.5. The molecule has 0 aromatic heterocycles. The molecule has 1 atom stereocenters. The molecular weight excluding hydrogens is 654 g/mol. The zero-order valence-corrected chi connectivity index (χ0v) is 31.6. The topological polar surface area (TPSA) is 107 Å². The molecule has 0 saturated heterocycles. The van der Waals surface area contributed by atoms with Crippen LogP contribution in [0.15, 0.2) is 24.3 Å². The molecular formula is C29H56ClNO6S5. The van der Waals surface area contributed by atoms with Gasteiger partial charge in [0.2, 0.25) is 0 Å². The Morgan fingerprint density at radius 1 is 0.857 bits per heavy atom. The van der Waals surface area contributed by atoms with Crippen molar-refractivity contribution in [3.8, 4) is 0 Å². The van der Waals surface area contributed by atoms with Crippen LogP contribution >= 0.6 is 70.4 Å². The van der Waals surface area contributed by atoms with Crippen molar-refractivity contribution in [1.82, 2.24) is 4.90 Å². The molecule has 0 radical (unpaired) electrons. The van der Waals surface area contributed by atoms with Crippen molar-refractivity contribution in [2.24, 2.45) is 0 Å². The summed E-state index contributed by atoms with van der Waals surface area (Å²) in [6, 6.07) is 7.96. The van der Waals surface area contributed by atoms with E-state index in [1.165, 1.54) is 42.7 Å². The first-order valence-electron chi connectivity index (χ1n) is 13.6. The SMILES string of the molecule is CCN(CC)CCSC.CCOC(=O)CCSC.CSCC(O)CO.CSCCC(=O)O.CSCc1ccc(Cl)cc1. The van der Waals surface area contributed by atoms with Crippen molar-refractivity contribution >= 4 is 82.3 Å². The quantitative estimate of drug-likeness (QED) is 0.150. The summed E-state index contributed by atoms with van der Waals surface area (Å²) in [5.74, 6) is 3.73. The largest absolute Gasteiger partial charge is 0.481 e. The summed E-state index contributed by atoms with van der Waals surface area (Å²) in [6.07, 6.45) is 10.3. The Labute approximate surface area is 282 Å². The molecule has 3 N–H and O–H groups in total. The molecule has 13 heteroatoms. The second-order valence-electron chi connectivity index (χ2n) is 8.06. The van der Waals surface area contributed by atoms with Crippen molar-refractivity contribution in [3.05, 3.63) is 34.9 Å². The van der Waals surface area contributed by atoms with E-state index in [4.69, 9.17) is 31.7 Å². The summed E-state index contributed by atoms with van der Waals surface area (Å²) in [5, 5.41) is 25.6. The lowest BCUT2D eigenvalue weighted by molar-refractivity contribution is -0.142. The fraction of sp³-hybridized carbons (Fsp3) is 0.724. The van der Waals surface area contributed by atoms with Crippen LogP contribution in [-0.4, -0.2) is 125 Å². The minimum absolute atomic E-state index is 0.0909. The zero-order chi connectivity index (χ0) is 33.0. The van der Waals surface area contributed by atoms with Gasteiger partial charge in [0.25, 0.3) is 0 Å². The molecule has 0 aliphatic carbocycles. The number of esters is 1. The van der Waals surface area contributed by atoms with E-state index in [9.17, 15) is 9.59 Å². The van der Waals surface area contributed by atoms with Crippen LogP contribution in [0.1, 0.15) is 39.2 Å². The predicted octanol–water partition coefficient (Wildman–Crippen LogP) is 6.72. The molecule has 250 valence electrons. The number of hydrogen-bond donors (Lipinski definition) is 3. The Balaban J connectivity index is -0.000000217. The van der Waals surface area contributed by atoms with Crippen LogP contribution < -0.4 is 0 Å². The molecule has 0 spiro atoms. The molecule has 0 aliphatic heterocycles. The summed E-state index contributed by atoms with van der Waals surface area (Å²) >= 11 is 14.2. The van der Waals surface area contributed by atoms with E-state index in [-0.39, 0.29) is 19.0 Å². The third-order valence-electron chi connectivity index (χ3n) is 4.64. The normalized spacial score (nSPS) is 10.4. The van der Waals surface area contributed by atoms with Crippen molar-refractivity contribution in [2.75, 3.05) is 87.1 Å². The molecule has 1 aromatic carbocycles. The smallest absolute Gasteiger partial charge is 0.306 e. The van der Waals surface area contributed by atoms with E-state index in [0.29, 0.717) is 18.8 Å². The molecule has 1 unspecified atom stereocenters. The van der Waals surface area contributed by atoms with Crippen LogP contribution in [0.25, 0.3) is 0 Å². The molecule has 0 heterocycles. The number of aliphatic carboxylic acids is 1. The number of hydrogen-bond acceptors (Lipinski definition) is 11. The molecule has 7 nitrogen and oxygen atoms in total. The van der Waals surface area contributed by atoms with Crippen molar-refractivity contribution in [3.63, 3.8) is 0 Å². The number of carboxylic acids is 1. The summed E-state index contributed by atoms with van der Waals surface area (Å²) in [5.41, 5.74) is 1.33. The van der Waals surface area contributed by atoms with Gasteiger partial charge in [-0.2, -0.15) is 58.8 Å². The van der Waals surface area contributed by atoms with Crippen molar-refractivity contribution in [1.29, 1.82) is 0 Å². The molecule has 0 fully saturated rings. The zero-order valence-electron chi connectivity index (χ0n) is 26.8. The number of benzene rings is 1. The van der Waals surface area contributed by atoms with Crippen molar-refractivity contribution in [2.45, 2.75) is 45.5 Å². The highest BCUT2D eigenvalue weighted by molar-refractivity contribution is 7.99. The number of aliphatic hydroxyl groups excluding tert-OH is 2. The average Bonchev–Trinajstić information content (AvgIpc) is 2.98. The molecule has 1 aromatic rings. The standard InChI is InChI=1S/C8H9ClS.C7H17NS.C6H12O2S.C4H10O2S.C4H8O2S/c1-10-6-7-2-4-8(9)5-3-7;1-4-8(5-2)6-7-9-3;1-3-8-6(7)4-5-9-2;1-7-3-4(6)2-5;1-7-3-2-4(5)6/h2-5H,6H2,1H3;4-7H2,1-3H3;3-5H2,1-2H3;4-6H,2-3H2,1H3;2-3H2,1H3,(H,5,6). The maximum absolute atomic E-state index is 10.6. The highest BCUT2D eigenvalue weighted by Gasteiger charge is 1.98. The lowest BCUT2D eigenvalue weighted by Crippen LogP contribution is -2.25. The molecule has 0 saturated carbocycles. The first-order valence-corrected chi connectivity index (χ1v) is 21.0. The van der Waals surface area contributed by atoms with E-state index in [1.54, 1.807) is 23.5 Å². The van der Waals surface area contributed by atoms with Gasteiger partial charge >= 0.3 is 11.9 Å². The van der Waals surface area contributed by atoms with E-state index in [2.05, 4.69) is 43.4 Å². The summed E-state index contributed by atoms with van der Waals surface area (Å²) < 4.78 is 4.69. The minimum Gasteiger partial charge on any atom is -0.481 e. The summed E-state index contributed by atoms with van der Waals surface area (Å²) in [6.45, 7) is 10.2. The lowest BCUT2D eigenvalue weighted by Gasteiger charge is -2.16. The Kier molecular flexibility index (Phi) is 47.9. The Hall–Kier alpha value is 0.0800. The molecule has 1 rings (SSSR count). The average molecular weight is 711 g/mol. The van der Waals surface area contributed by atoms with Gasteiger partial charge in [0.05, 0.1) is 32.2 Å². The van der Waals surface area contributed by atoms with Gasteiger partial charge in [-0.15, -0.1) is 0 Å². The van der Waals surface area contributed by atoms with E-state index in [1.807, 2.05) is 61.3 Å². The first kappa shape index (κ1) is 49.0. The fourth-order valence-electron chi connectivity index (χ4n) is 2.36. The predicted molar refractivity (Wildman–Crippen MR) is 197 cm³/mol. The van der Waals surface area contributed by atoms with Gasteiger partial charge in [0.15, 0.2) is 0 Å². The fourth-order valence-corrected chi connectivity index (χ4v) is 4.69. The Bertz CT molecular complexity index is 689. The number of rotatable bonds is 17. The third-order valence-corrected chi connectivity index (χ3v) is 8.04. The van der Waals surface area contributed by atoms with Gasteiger partial charge in [0.1, 0.15) is 0 Å². The van der Waals surface area contributed by atoms with Crippen LogP contribution in [0.3, 0.4) is 0 Å². The number of carboxylic acid groups (broad SMARTS) is 1. The maximum Gasteiger partial charge on any atom is 0.306 e. The Morgan fingerprint density at radius 3 is 1.71 bits per heavy atom. The maximum atomic E-state index is 10.6. The molecule has 0 aliphatic rings. The number of ether oxygens (including phenoxy) is 1. The van der Waals surface area contributed by atoms with Gasteiger partial charge in [-0.05, 0) is 69.0 Å². The molecule has 0 bridgehead atoms. The third kappa shape index (κ3) is 44.5. The van der Waals surface area contributed by atoms with Crippen LogP contribution in [0, 0.1) is 0 Å². The number of aliphatic hydroxyl groups is 2. The summed E-state index contributed by atoms with van der Waals surface area (Å²) in [4.78, 5) is 22.8. The van der Waals surface area contributed by atoms with Crippen molar-refractivity contribution < 1.29 is 29.6 Å². The van der Waals surface area contributed by atoms with Crippen LogP contribution in [-0.2, 0) is 20.1 Å². The lowest BCUT2D eigenvalue weighted by atomic mass is 10.2. The van der Waals surface area contributed by atoms with E-state index >= 15 is 0 Å². The minimum atomic E-state index is -0.714. The van der Waals surface area contributed by atoms with Crippen LogP contribution in [0.4, 0.5) is 0 Å². The molecule has 0 amide bonds. The first-order chi connectivity index (χ1) is 20.1. The van der Waals surface area contributed by atoms with Gasteiger partial charge in [-0.1, -0.05) is 37.6 Å². The number of carbonyl (C=O) groups is 2. The monoisotopic (exact) mass is 709 g/mol. The van der Waals surface area contributed by atoms with Gasteiger partial charge < -0.3 is 25.0 Å². The summed E-state index contributed by atoms with van der Waals surface area (Å²) in [7, 11) is 0. The number of halogens is 1. The second kappa shape index (κ2) is 41.1. The molecule has 42 heavy (non-hydrogen) atoms. The number of carbonyl (C=O) groups excluding carboxylic acids is 1. The number of thioether (sulfide) groups is 5. The van der Waals surface area contributed by atoms with E-state index < -0.39 is 12.1 Å². The van der Waals surface area contributed by atoms with Crippen LogP contribution in [0.2, 0.25) is 5.02 Å². The highest BCUT2D eigenvalue weighted by Crippen LogP contribution is 2.13. The van der Waals surface area contributed by atoms with Gasteiger partial charge in [-0.3, -0.25) is 9.59 Å². The van der Waals surface area contributed by atoms with Gasteiger partial charge in [0, 0.05) is 40.3 Å². The second-order valence-corrected chi connectivity index (χ2v) is 13.2.